The molecule has 1 aromatic rings. The van der Waals surface area contributed by atoms with Gasteiger partial charge in [-0.2, -0.15) is 0 Å². The molecule has 0 saturated heterocycles. The van der Waals surface area contributed by atoms with E-state index in [0.717, 1.165) is 23.5 Å². The summed E-state index contributed by atoms with van der Waals surface area (Å²) in [6.07, 6.45) is 2.99. The largest absolute Gasteiger partial charge is 0.396 e. The Hall–Kier alpha value is -1.25. The Morgan fingerprint density at radius 2 is 2.13 bits per heavy atom. The minimum atomic E-state index is 0.396. The molecular formula is C12H21N3. The van der Waals surface area contributed by atoms with Crippen LogP contribution in [0.5, 0.6) is 0 Å². The summed E-state index contributed by atoms with van der Waals surface area (Å²) in [5.74, 6) is 1.42. The molecule has 0 fully saturated rings. The molecule has 0 aliphatic heterocycles. The molecule has 0 aromatic carbocycles. The Kier molecular flexibility index (Phi) is 3.95. The molecule has 84 valence electrons. The highest BCUT2D eigenvalue weighted by molar-refractivity contribution is 5.61. The van der Waals surface area contributed by atoms with E-state index in [1.54, 1.807) is 0 Å². The van der Waals surface area contributed by atoms with Gasteiger partial charge in [-0.05, 0) is 31.4 Å². The fourth-order valence-electron chi connectivity index (χ4n) is 1.42. The van der Waals surface area contributed by atoms with E-state index in [4.69, 9.17) is 5.73 Å². The van der Waals surface area contributed by atoms with E-state index >= 15 is 0 Å². The maximum Gasteiger partial charge on any atom is 0.149 e. The van der Waals surface area contributed by atoms with Gasteiger partial charge in [0, 0.05) is 12.2 Å². The second kappa shape index (κ2) is 5.01. The standard InChI is InChI=1S/C12H21N3/c1-5-9(3)10(4)15-12-11(13)6-8(2)7-14-12/h6-7,9-10H,5,13H2,1-4H3,(H,14,15). The first-order valence-electron chi connectivity index (χ1n) is 5.53. The summed E-state index contributed by atoms with van der Waals surface area (Å²) in [4.78, 5) is 4.30. The Morgan fingerprint density at radius 3 is 2.67 bits per heavy atom. The van der Waals surface area contributed by atoms with Gasteiger partial charge in [0.15, 0.2) is 0 Å². The van der Waals surface area contributed by atoms with Crippen LogP contribution in [-0.4, -0.2) is 11.0 Å². The number of aryl methyl sites for hydroxylation is 1. The SMILES string of the molecule is CCC(C)C(C)Nc1ncc(C)cc1N. The van der Waals surface area contributed by atoms with Crippen molar-refractivity contribution in [2.75, 3.05) is 11.1 Å². The van der Waals surface area contributed by atoms with Gasteiger partial charge >= 0.3 is 0 Å². The third kappa shape index (κ3) is 3.11. The predicted octanol–water partition coefficient (Wildman–Crippen LogP) is 2.82. The lowest BCUT2D eigenvalue weighted by molar-refractivity contribution is 0.493. The van der Waals surface area contributed by atoms with E-state index in [-0.39, 0.29) is 0 Å². The van der Waals surface area contributed by atoms with Crippen molar-refractivity contribution in [2.45, 2.75) is 40.2 Å². The molecule has 0 amide bonds. The van der Waals surface area contributed by atoms with Crippen molar-refractivity contribution in [2.24, 2.45) is 5.92 Å². The zero-order chi connectivity index (χ0) is 11.4. The van der Waals surface area contributed by atoms with Crippen molar-refractivity contribution < 1.29 is 0 Å². The summed E-state index contributed by atoms with van der Waals surface area (Å²) in [6, 6.07) is 2.34. The molecule has 2 atom stereocenters. The number of nitrogen functional groups attached to an aromatic ring is 1. The van der Waals surface area contributed by atoms with Gasteiger partial charge in [0.2, 0.25) is 0 Å². The van der Waals surface area contributed by atoms with E-state index < -0.39 is 0 Å². The monoisotopic (exact) mass is 207 g/mol. The molecule has 3 N–H and O–H groups in total. The average molecular weight is 207 g/mol. The van der Waals surface area contributed by atoms with Crippen LogP contribution in [0.15, 0.2) is 12.3 Å². The third-order valence-electron chi connectivity index (χ3n) is 2.92. The van der Waals surface area contributed by atoms with Crippen molar-refractivity contribution in [1.82, 2.24) is 4.98 Å². The summed E-state index contributed by atoms with van der Waals surface area (Å²) in [6.45, 7) is 8.57. The minimum Gasteiger partial charge on any atom is -0.396 e. The van der Waals surface area contributed by atoms with Crippen molar-refractivity contribution in [1.29, 1.82) is 0 Å². The molecule has 1 heterocycles. The third-order valence-corrected chi connectivity index (χ3v) is 2.92. The zero-order valence-electron chi connectivity index (χ0n) is 10.0. The molecule has 1 aromatic heterocycles. The minimum absolute atomic E-state index is 0.396. The molecule has 3 heteroatoms. The Morgan fingerprint density at radius 1 is 1.47 bits per heavy atom. The van der Waals surface area contributed by atoms with Gasteiger partial charge in [0.25, 0.3) is 0 Å². The Bertz CT molecular complexity index is 323. The van der Waals surface area contributed by atoms with E-state index in [2.05, 4.69) is 31.1 Å². The van der Waals surface area contributed by atoms with Crippen molar-refractivity contribution >= 4 is 11.5 Å². The van der Waals surface area contributed by atoms with Crippen molar-refractivity contribution in [3.05, 3.63) is 17.8 Å². The highest BCUT2D eigenvalue weighted by atomic mass is 15.0. The van der Waals surface area contributed by atoms with Gasteiger partial charge in [-0.25, -0.2) is 4.98 Å². The lowest BCUT2D eigenvalue weighted by atomic mass is 10.0. The van der Waals surface area contributed by atoms with Gasteiger partial charge in [0.05, 0.1) is 5.69 Å². The van der Waals surface area contributed by atoms with Crippen LogP contribution in [0.3, 0.4) is 0 Å². The number of nitrogens with two attached hydrogens (primary N) is 1. The van der Waals surface area contributed by atoms with Gasteiger partial charge in [-0.1, -0.05) is 20.3 Å². The zero-order valence-corrected chi connectivity index (χ0v) is 10.0. The van der Waals surface area contributed by atoms with Crippen LogP contribution in [0.2, 0.25) is 0 Å². The summed E-state index contributed by atoms with van der Waals surface area (Å²) in [5.41, 5.74) is 7.71. The lowest BCUT2D eigenvalue weighted by Crippen LogP contribution is -2.24. The number of anilines is 2. The Balaban J connectivity index is 2.72. The van der Waals surface area contributed by atoms with Gasteiger partial charge < -0.3 is 11.1 Å². The van der Waals surface area contributed by atoms with Crippen LogP contribution >= 0.6 is 0 Å². The first-order valence-corrected chi connectivity index (χ1v) is 5.53. The molecule has 0 spiro atoms. The maximum atomic E-state index is 5.89. The fraction of sp³-hybridized carbons (Fsp3) is 0.583. The summed E-state index contributed by atoms with van der Waals surface area (Å²) < 4.78 is 0. The molecule has 3 nitrogen and oxygen atoms in total. The van der Waals surface area contributed by atoms with Crippen LogP contribution in [-0.2, 0) is 0 Å². The normalized spacial score (nSPS) is 14.7. The summed E-state index contributed by atoms with van der Waals surface area (Å²) >= 11 is 0. The van der Waals surface area contributed by atoms with E-state index in [1.807, 2.05) is 19.2 Å². The average Bonchev–Trinajstić information content (AvgIpc) is 2.20. The molecule has 0 bridgehead atoms. The highest BCUT2D eigenvalue weighted by Crippen LogP contribution is 2.19. The molecule has 0 saturated carbocycles. The first-order chi connectivity index (χ1) is 7.04. The summed E-state index contributed by atoms with van der Waals surface area (Å²) in [5, 5.41) is 3.35. The Labute approximate surface area is 92.1 Å². The van der Waals surface area contributed by atoms with Crippen LogP contribution in [0, 0.1) is 12.8 Å². The van der Waals surface area contributed by atoms with Crippen LogP contribution < -0.4 is 11.1 Å². The van der Waals surface area contributed by atoms with E-state index in [0.29, 0.717) is 12.0 Å². The van der Waals surface area contributed by atoms with Gasteiger partial charge in [-0.3, -0.25) is 0 Å². The molecule has 1 rings (SSSR count). The number of hydrogen-bond donors (Lipinski definition) is 2. The lowest BCUT2D eigenvalue weighted by Gasteiger charge is -2.21. The molecule has 0 aliphatic carbocycles. The van der Waals surface area contributed by atoms with Crippen LogP contribution in [0.1, 0.15) is 32.8 Å². The fourth-order valence-corrected chi connectivity index (χ4v) is 1.42. The molecular weight excluding hydrogens is 186 g/mol. The van der Waals surface area contributed by atoms with E-state index in [1.165, 1.54) is 0 Å². The molecule has 0 aliphatic rings. The number of pyridine rings is 1. The maximum absolute atomic E-state index is 5.89. The number of nitrogens with one attached hydrogen (secondary N) is 1. The first kappa shape index (κ1) is 11.8. The van der Waals surface area contributed by atoms with Crippen LogP contribution in [0.4, 0.5) is 11.5 Å². The molecule has 15 heavy (non-hydrogen) atoms. The predicted molar refractivity (Wildman–Crippen MR) is 65.9 cm³/mol. The number of aromatic nitrogens is 1. The highest BCUT2D eigenvalue weighted by Gasteiger charge is 2.11. The van der Waals surface area contributed by atoms with Gasteiger partial charge in [-0.15, -0.1) is 0 Å². The van der Waals surface area contributed by atoms with Crippen molar-refractivity contribution in [3.8, 4) is 0 Å². The smallest absolute Gasteiger partial charge is 0.149 e. The second-order valence-electron chi connectivity index (χ2n) is 4.27. The molecule has 0 radical (unpaired) electrons. The summed E-state index contributed by atoms with van der Waals surface area (Å²) in [7, 11) is 0. The quantitative estimate of drug-likeness (QED) is 0.798. The number of nitrogens with zero attached hydrogens (tertiary/aromatic N) is 1. The number of hydrogen-bond acceptors (Lipinski definition) is 3. The second-order valence-corrected chi connectivity index (χ2v) is 4.27. The van der Waals surface area contributed by atoms with Gasteiger partial charge in [0.1, 0.15) is 5.82 Å². The molecule has 2 unspecified atom stereocenters. The van der Waals surface area contributed by atoms with Crippen molar-refractivity contribution in [3.63, 3.8) is 0 Å². The van der Waals surface area contributed by atoms with Crippen LogP contribution in [0.25, 0.3) is 0 Å². The van der Waals surface area contributed by atoms with E-state index in [9.17, 15) is 0 Å². The number of rotatable bonds is 4. The topological polar surface area (TPSA) is 50.9 Å².